The van der Waals surface area contributed by atoms with Gasteiger partial charge in [0.1, 0.15) is 73.2 Å². The number of carbonyl (C=O) groups excluding carboxylic acids is 1. The van der Waals surface area contributed by atoms with Crippen LogP contribution in [0.4, 0.5) is 0 Å². The number of hydrogen-bond acceptors (Lipinski definition) is 18. The van der Waals surface area contributed by atoms with E-state index in [0.717, 1.165) is 77.0 Å². The van der Waals surface area contributed by atoms with Gasteiger partial charge in [0, 0.05) is 6.42 Å². The van der Waals surface area contributed by atoms with E-state index in [2.05, 4.69) is 79.9 Å². The van der Waals surface area contributed by atoms with Crippen molar-refractivity contribution in [1.82, 2.24) is 5.32 Å². The predicted octanol–water partition coefficient (Wildman–Crippen LogP) is 6.60. The van der Waals surface area contributed by atoms with Crippen molar-refractivity contribution < 1.29 is 89.4 Å². The minimum absolute atomic E-state index is 0.226. The molecule has 0 radical (unpaired) electrons. The fourth-order valence-electron chi connectivity index (χ4n) is 10.2. The van der Waals surface area contributed by atoms with Crippen LogP contribution in [0.25, 0.3) is 0 Å². The van der Waals surface area contributed by atoms with Crippen LogP contribution in [0.5, 0.6) is 0 Å². The summed E-state index contributed by atoms with van der Waals surface area (Å²) in [4.78, 5) is 13.3. The highest BCUT2D eigenvalue weighted by Gasteiger charge is 2.53. The topological polar surface area (TPSA) is 307 Å². The van der Waals surface area contributed by atoms with E-state index >= 15 is 0 Å². The summed E-state index contributed by atoms with van der Waals surface area (Å²) in [6, 6.07) is -0.999. The largest absolute Gasteiger partial charge is 0.394 e. The van der Waals surface area contributed by atoms with E-state index in [1.807, 2.05) is 6.08 Å². The molecule has 0 aliphatic carbocycles. The Bertz CT molecular complexity index is 1790. The van der Waals surface area contributed by atoms with Crippen molar-refractivity contribution in [1.29, 1.82) is 0 Å². The molecule has 3 aliphatic heterocycles. The van der Waals surface area contributed by atoms with Crippen LogP contribution in [-0.2, 0) is 33.2 Å². The van der Waals surface area contributed by atoms with E-state index in [0.29, 0.717) is 12.8 Å². The van der Waals surface area contributed by atoms with Crippen molar-refractivity contribution in [2.24, 2.45) is 0 Å². The zero-order chi connectivity index (χ0) is 60.5. The van der Waals surface area contributed by atoms with Gasteiger partial charge in [0.15, 0.2) is 18.9 Å². The van der Waals surface area contributed by atoms with Crippen LogP contribution in [0.1, 0.15) is 194 Å². The van der Waals surface area contributed by atoms with E-state index < -0.39 is 124 Å². The van der Waals surface area contributed by atoms with Gasteiger partial charge in [-0.1, -0.05) is 183 Å². The summed E-state index contributed by atoms with van der Waals surface area (Å²) in [6.07, 6.45) is 29.0. The van der Waals surface area contributed by atoms with Crippen molar-refractivity contribution in [3.05, 3.63) is 72.9 Å². The number of aliphatic hydroxyl groups is 11. The molecular weight excluding hydrogens is 1070 g/mol. The summed E-state index contributed by atoms with van der Waals surface area (Å²) in [6.45, 7) is 1.58. The Kier molecular flexibility index (Phi) is 41.6. The normalized spacial score (nSPS) is 29.9. The number of unbranched alkanes of at least 4 members (excludes halogenated alkanes) is 20. The van der Waals surface area contributed by atoms with Crippen LogP contribution in [-0.4, -0.2) is 193 Å². The van der Waals surface area contributed by atoms with Crippen molar-refractivity contribution in [3.8, 4) is 0 Å². The Morgan fingerprint density at radius 1 is 0.434 bits per heavy atom. The fourth-order valence-corrected chi connectivity index (χ4v) is 10.2. The highest BCUT2D eigenvalue weighted by molar-refractivity contribution is 5.76. The molecule has 3 heterocycles. The summed E-state index contributed by atoms with van der Waals surface area (Å²) in [5.41, 5.74) is 0. The number of ether oxygens (including phenoxy) is 6. The molecule has 17 unspecified atom stereocenters. The van der Waals surface area contributed by atoms with Crippen LogP contribution in [0, 0.1) is 0 Å². The molecule has 12 N–H and O–H groups in total. The molecule has 0 saturated carbocycles. The Hall–Kier alpha value is -2.77. The van der Waals surface area contributed by atoms with Gasteiger partial charge < -0.3 is 89.9 Å². The van der Waals surface area contributed by atoms with E-state index in [1.165, 1.54) is 83.5 Å². The molecule has 0 bridgehead atoms. The molecule has 1 amide bonds. The number of amides is 1. The molecular formula is C64H111NO18. The Morgan fingerprint density at radius 2 is 0.831 bits per heavy atom. The van der Waals surface area contributed by atoms with Gasteiger partial charge in [0.05, 0.1) is 38.6 Å². The molecule has 3 fully saturated rings. The maximum atomic E-state index is 13.3. The summed E-state index contributed by atoms with van der Waals surface area (Å²) >= 11 is 0. The van der Waals surface area contributed by atoms with Gasteiger partial charge in [0.25, 0.3) is 0 Å². The average molecular weight is 1180 g/mol. The average Bonchev–Trinajstić information content (AvgIpc) is 3.64. The second-order valence-corrected chi connectivity index (χ2v) is 22.5. The summed E-state index contributed by atoms with van der Waals surface area (Å²) in [5, 5.41) is 120. The maximum absolute atomic E-state index is 13.3. The summed E-state index contributed by atoms with van der Waals surface area (Å²) in [7, 11) is 0. The quantitative estimate of drug-likeness (QED) is 0.0226. The number of carbonyl (C=O) groups is 1. The second-order valence-electron chi connectivity index (χ2n) is 22.5. The summed E-state index contributed by atoms with van der Waals surface area (Å²) < 4.78 is 34.2. The molecule has 3 saturated heterocycles. The first-order valence-electron chi connectivity index (χ1n) is 31.7. The van der Waals surface area contributed by atoms with E-state index in [-0.39, 0.29) is 18.9 Å². The van der Waals surface area contributed by atoms with Crippen LogP contribution < -0.4 is 5.32 Å². The molecule has 0 aromatic carbocycles. The number of aliphatic hydroxyl groups excluding tert-OH is 11. The lowest BCUT2D eigenvalue weighted by Crippen LogP contribution is -2.66. The Morgan fingerprint density at radius 3 is 1.33 bits per heavy atom. The van der Waals surface area contributed by atoms with Crippen molar-refractivity contribution >= 4 is 5.91 Å². The highest BCUT2D eigenvalue weighted by atomic mass is 16.8. The predicted molar refractivity (Wildman–Crippen MR) is 318 cm³/mol. The van der Waals surface area contributed by atoms with E-state index in [4.69, 9.17) is 28.4 Å². The highest BCUT2D eigenvalue weighted by Crippen LogP contribution is 2.33. The molecule has 0 aromatic heterocycles. The first kappa shape index (κ1) is 74.5. The number of allylic oxidation sites excluding steroid dienone is 11. The molecule has 480 valence electrons. The molecule has 17 atom stereocenters. The van der Waals surface area contributed by atoms with Gasteiger partial charge in [0.2, 0.25) is 5.91 Å². The van der Waals surface area contributed by atoms with Crippen LogP contribution in [0.15, 0.2) is 72.9 Å². The molecule has 19 nitrogen and oxygen atoms in total. The molecule has 3 rings (SSSR count). The van der Waals surface area contributed by atoms with E-state index in [1.54, 1.807) is 6.08 Å². The second kappa shape index (κ2) is 46.4. The lowest BCUT2D eigenvalue weighted by atomic mass is 9.96. The monoisotopic (exact) mass is 1180 g/mol. The molecule has 83 heavy (non-hydrogen) atoms. The number of nitrogens with one attached hydrogen (secondary N) is 1. The van der Waals surface area contributed by atoms with Crippen LogP contribution in [0.2, 0.25) is 0 Å². The van der Waals surface area contributed by atoms with Crippen molar-refractivity contribution in [2.75, 3.05) is 26.4 Å². The van der Waals surface area contributed by atoms with Gasteiger partial charge >= 0.3 is 0 Å². The minimum Gasteiger partial charge on any atom is -0.394 e. The molecule has 19 heteroatoms. The van der Waals surface area contributed by atoms with Gasteiger partial charge in [-0.25, -0.2) is 0 Å². The van der Waals surface area contributed by atoms with E-state index in [9.17, 15) is 61.0 Å². The van der Waals surface area contributed by atoms with Gasteiger partial charge in [-0.15, -0.1) is 0 Å². The Balaban J connectivity index is 1.42. The molecule has 0 aromatic rings. The first-order chi connectivity index (χ1) is 40.3. The lowest BCUT2D eigenvalue weighted by Gasteiger charge is -2.48. The zero-order valence-electron chi connectivity index (χ0n) is 50.1. The van der Waals surface area contributed by atoms with Crippen LogP contribution >= 0.6 is 0 Å². The van der Waals surface area contributed by atoms with Gasteiger partial charge in [-0.3, -0.25) is 4.79 Å². The molecule has 3 aliphatic rings. The number of rotatable bonds is 46. The Labute approximate surface area is 496 Å². The zero-order valence-corrected chi connectivity index (χ0v) is 50.1. The number of hydrogen-bond donors (Lipinski definition) is 12. The van der Waals surface area contributed by atoms with Crippen molar-refractivity contribution in [3.63, 3.8) is 0 Å². The maximum Gasteiger partial charge on any atom is 0.220 e. The van der Waals surface area contributed by atoms with Gasteiger partial charge in [-0.2, -0.15) is 0 Å². The smallest absolute Gasteiger partial charge is 0.220 e. The minimum atomic E-state index is -1.98. The third-order valence-electron chi connectivity index (χ3n) is 15.4. The van der Waals surface area contributed by atoms with Gasteiger partial charge in [-0.05, 0) is 77.0 Å². The first-order valence-corrected chi connectivity index (χ1v) is 31.7. The fraction of sp³-hybridized carbons (Fsp3) is 0.797. The summed E-state index contributed by atoms with van der Waals surface area (Å²) in [5.74, 6) is -0.297. The van der Waals surface area contributed by atoms with Crippen molar-refractivity contribution in [2.45, 2.75) is 298 Å². The standard InChI is InChI=1S/C64H111NO18/c1-3-5-7-9-11-13-15-16-17-18-19-20-21-22-23-24-25-26-27-28-29-30-32-34-36-38-40-42-52(70)65-47(48(69)41-39-37-35-33-31-14-12-10-8-6-4-2)46-78-62-58(76)55(73)60(50(44-67)80-62)83-64-59(77)56(74)61(51(45-68)81-64)82-63-57(75)54(72)53(71)49(43-66)79-63/h8,10,15-16,18-19,21-22,31,33,39,41,47-51,53-64,66-69,71-77H,3-7,9,11-14,17,20,23-30,32,34-38,40,42-46H2,1-2H3,(H,65,70)/b10-8+,16-15-,19-18-,22-21-,33-31+,41-39+. The van der Waals surface area contributed by atoms with Crippen LogP contribution in [0.3, 0.4) is 0 Å². The SMILES string of the molecule is CCC/C=C/CC/C=C/CC/C=C/C(O)C(COC1OC(CO)C(OC2OC(CO)C(OC3OC(CO)C(O)C(O)C3O)C(O)C2O)C(O)C1O)NC(=O)CCCCCCCCCCCCCC/C=C\C/C=C\C/C=C\CCCCCCC. The lowest BCUT2D eigenvalue weighted by molar-refractivity contribution is -0.379. The third kappa shape index (κ3) is 29.7. The third-order valence-corrected chi connectivity index (χ3v) is 15.4. The molecule has 0 spiro atoms.